The average Bonchev–Trinajstić information content (AvgIpc) is 2.26. The maximum Gasteiger partial charge on any atom is 0.341 e. The fraction of sp³-hybridized carbons (Fsp3) is 0. The zero-order chi connectivity index (χ0) is 13.3. The third-order valence-electron chi connectivity index (χ3n) is 2.17. The van der Waals surface area contributed by atoms with Crippen LogP contribution in [-0.2, 0) is 0 Å². The molecule has 5 nitrogen and oxygen atoms in total. The first-order valence-electron chi connectivity index (χ1n) is 4.79. The molecule has 0 fully saturated rings. The van der Waals surface area contributed by atoms with Gasteiger partial charge in [-0.05, 0) is 12.1 Å². The summed E-state index contributed by atoms with van der Waals surface area (Å²) >= 11 is 0. The van der Waals surface area contributed by atoms with Crippen molar-refractivity contribution in [1.29, 1.82) is 0 Å². The van der Waals surface area contributed by atoms with E-state index in [1.165, 1.54) is 0 Å². The lowest BCUT2D eigenvalue weighted by Crippen LogP contribution is -2.06. The molecule has 1 aromatic carbocycles. The molecule has 0 saturated heterocycles. The van der Waals surface area contributed by atoms with E-state index < -0.39 is 17.6 Å². The van der Waals surface area contributed by atoms with Gasteiger partial charge in [0.1, 0.15) is 23.0 Å². The second-order valence-corrected chi connectivity index (χ2v) is 3.46. The van der Waals surface area contributed by atoms with Gasteiger partial charge in [-0.25, -0.2) is 23.5 Å². The minimum Gasteiger partial charge on any atom is -0.477 e. The predicted octanol–water partition coefficient (Wildman–Crippen LogP) is 1.70. The zero-order valence-corrected chi connectivity index (χ0v) is 8.89. The highest BCUT2D eigenvalue weighted by atomic mass is 19.1. The van der Waals surface area contributed by atoms with Gasteiger partial charge in [0.25, 0.3) is 0 Å². The zero-order valence-electron chi connectivity index (χ0n) is 8.89. The molecule has 0 spiro atoms. The Bertz CT molecular complexity index is 611. The van der Waals surface area contributed by atoms with Crippen molar-refractivity contribution in [1.82, 2.24) is 9.97 Å². The summed E-state index contributed by atoms with van der Waals surface area (Å²) in [5.74, 6) is -3.15. The van der Waals surface area contributed by atoms with Crippen LogP contribution in [0.15, 0.2) is 24.4 Å². The molecule has 0 bridgehead atoms. The standard InChI is InChI=1S/C11H7F2N3O2/c12-6-1-5(2-7(13)3-6)10-15-4-8(11(17)18)9(14)16-10/h1-4H,(H,17,18)(H2,14,15,16). The topological polar surface area (TPSA) is 89.1 Å². The van der Waals surface area contributed by atoms with Crippen molar-refractivity contribution in [3.8, 4) is 11.4 Å². The summed E-state index contributed by atoms with van der Waals surface area (Å²) in [6, 6.07) is 2.76. The van der Waals surface area contributed by atoms with Crippen molar-refractivity contribution in [2.45, 2.75) is 0 Å². The minimum atomic E-state index is -1.27. The molecule has 0 aliphatic heterocycles. The van der Waals surface area contributed by atoms with E-state index in [-0.39, 0.29) is 22.8 Å². The van der Waals surface area contributed by atoms with Crippen LogP contribution in [0.1, 0.15) is 10.4 Å². The lowest BCUT2D eigenvalue weighted by molar-refractivity contribution is 0.0697. The molecular weight excluding hydrogens is 244 g/mol. The van der Waals surface area contributed by atoms with Gasteiger partial charge in [0, 0.05) is 17.8 Å². The Morgan fingerprint density at radius 3 is 2.33 bits per heavy atom. The van der Waals surface area contributed by atoms with Crippen molar-refractivity contribution < 1.29 is 18.7 Å². The second-order valence-electron chi connectivity index (χ2n) is 3.46. The van der Waals surface area contributed by atoms with Gasteiger partial charge in [0.05, 0.1) is 0 Å². The number of anilines is 1. The maximum absolute atomic E-state index is 13.0. The largest absolute Gasteiger partial charge is 0.477 e. The maximum atomic E-state index is 13.0. The third-order valence-corrected chi connectivity index (χ3v) is 2.17. The number of aromatic nitrogens is 2. The third kappa shape index (κ3) is 2.24. The molecule has 0 aliphatic carbocycles. The molecule has 2 aromatic rings. The summed E-state index contributed by atoms with van der Waals surface area (Å²) < 4.78 is 26.0. The summed E-state index contributed by atoms with van der Waals surface area (Å²) in [6.07, 6.45) is 0.989. The Morgan fingerprint density at radius 2 is 1.83 bits per heavy atom. The first-order chi connectivity index (χ1) is 8.47. The lowest BCUT2D eigenvalue weighted by Gasteiger charge is -2.04. The van der Waals surface area contributed by atoms with Crippen LogP contribution in [0.2, 0.25) is 0 Å². The minimum absolute atomic E-state index is 0.0455. The van der Waals surface area contributed by atoms with Gasteiger partial charge < -0.3 is 10.8 Å². The van der Waals surface area contributed by atoms with E-state index in [0.717, 1.165) is 18.3 Å². The Labute approximate surface area is 99.9 Å². The Morgan fingerprint density at radius 1 is 1.22 bits per heavy atom. The number of nitrogens with two attached hydrogens (primary N) is 1. The molecule has 7 heteroatoms. The molecule has 0 atom stereocenters. The second kappa shape index (κ2) is 4.36. The molecule has 0 unspecified atom stereocenters. The first kappa shape index (κ1) is 11.9. The van der Waals surface area contributed by atoms with Crippen LogP contribution >= 0.6 is 0 Å². The van der Waals surface area contributed by atoms with Crippen LogP contribution in [0.3, 0.4) is 0 Å². The Hall–Kier alpha value is -2.57. The molecule has 0 saturated carbocycles. The van der Waals surface area contributed by atoms with Crippen LogP contribution in [0.5, 0.6) is 0 Å². The van der Waals surface area contributed by atoms with E-state index in [4.69, 9.17) is 10.8 Å². The number of aromatic carboxylic acids is 1. The van der Waals surface area contributed by atoms with E-state index in [0.29, 0.717) is 6.07 Å². The highest BCUT2D eigenvalue weighted by Gasteiger charge is 2.12. The molecule has 1 aromatic heterocycles. The summed E-state index contributed by atoms with van der Waals surface area (Å²) in [5.41, 5.74) is 5.23. The van der Waals surface area contributed by atoms with Gasteiger partial charge in [0.15, 0.2) is 5.82 Å². The van der Waals surface area contributed by atoms with Gasteiger partial charge in [-0.1, -0.05) is 0 Å². The number of nitrogens with zero attached hydrogens (tertiary/aromatic N) is 2. The number of hydrogen-bond acceptors (Lipinski definition) is 4. The number of carbonyl (C=O) groups is 1. The van der Waals surface area contributed by atoms with E-state index in [2.05, 4.69) is 9.97 Å². The molecule has 2 rings (SSSR count). The molecule has 3 N–H and O–H groups in total. The number of benzene rings is 1. The van der Waals surface area contributed by atoms with Crippen molar-refractivity contribution >= 4 is 11.8 Å². The lowest BCUT2D eigenvalue weighted by atomic mass is 10.2. The first-order valence-corrected chi connectivity index (χ1v) is 4.79. The van der Waals surface area contributed by atoms with E-state index in [1.807, 2.05) is 0 Å². The molecule has 92 valence electrons. The number of hydrogen-bond donors (Lipinski definition) is 2. The highest BCUT2D eigenvalue weighted by Crippen LogP contribution is 2.20. The molecule has 1 heterocycles. The van der Waals surface area contributed by atoms with Gasteiger partial charge in [-0.3, -0.25) is 0 Å². The van der Waals surface area contributed by atoms with E-state index in [9.17, 15) is 13.6 Å². The fourth-order valence-electron chi connectivity index (χ4n) is 1.38. The van der Waals surface area contributed by atoms with Gasteiger partial charge in [-0.15, -0.1) is 0 Å². The Kier molecular flexibility index (Phi) is 2.88. The normalized spacial score (nSPS) is 10.3. The van der Waals surface area contributed by atoms with Crippen molar-refractivity contribution in [2.75, 3.05) is 5.73 Å². The number of nitrogen functional groups attached to an aromatic ring is 1. The summed E-state index contributed by atoms with van der Waals surface area (Å²) in [5, 5.41) is 8.74. The summed E-state index contributed by atoms with van der Waals surface area (Å²) in [6.45, 7) is 0. The Balaban J connectivity index is 2.52. The SMILES string of the molecule is Nc1nc(-c2cc(F)cc(F)c2)ncc1C(=O)O. The van der Waals surface area contributed by atoms with Crippen LogP contribution in [0.25, 0.3) is 11.4 Å². The van der Waals surface area contributed by atoms with E-state index in [1.54, 1.807) is 0 Å². The monoisotopic (exact) mass is 251 g/mol. The molecule has 18 heavy (non-hydrogen) atoms. The summed E-state index contributed by atoms with van der Waals surface area (Å²) in [4.78, 5) is 18.1. The fourth-order valence-corrected chi connectivity index (χ4v) is 1.38. The van der Waals surface area contributed by atoms with Crippen LogP contribution in [0, 0.1) is 11.6 Å². The molecule has 0 aliphatic rings. The van der Waals surface area contributed by atoms with Gasteiger partial charge in [-0.2, -0.15) is 0 Å². The van der Waals surface area contributed by atoms with Crippen LogP contribution < -0.4 is 5.73 Å². The average molecular weight is 251 g/mol. The quantitative estimate of drug-likeness (QED) is 0.847. The van der Waals surface area contributed by atoms with Crippen molar-refractivity contribution in [3.63, 3.8) is 0 Å². The van der Waals surface area contributed by atoms with Gasteiger partial charge >= 0.3 is 5.97 Å². The number of carboxylic acids is 1. The number of carboxylic acid groups (broad SMARTS) is 1. The molecule has 0 amide bonds. The predicted molar refractivity (Wildman–Crippen MR) is 58.8 cm³/mol. The van der Waals surface area contributed by atoms with Crippen LogP contribution in [0.4, 0.5) is 14.6 Å². The molecular formula is C11H7F2N3O2. The van der Waals surface area contributed by atoms with Gasteiger partial charge in [0.2, 0.25) is 0 Å². The van der Waals surface area contributed by atoms with Crippen molar-refractivity contribution in [2.24, 2.45) is 0 Å². The van der Waals surface area contributed by atoms with Crippen LogP contribution in [-0.4, -0.2) is 21.0 Å². The molecule has 0 radical (unpaired) electrons. The summed E-state index contributed by atoms with van der Waals surface area (Å²) in [7, 11) is 0. The smallest absolute Gasteiger partial charge is 0.341 e. The number of rotatable bonds is 2. The number of halogens is 2. The highest BCUT2D eigenvalue weighted by molar-refractivity contribution is 5.92. The van der Waals surface area contributed by atoms with E-state index >= 15 is 0 Å². The van der Waals surface area contributed by atoms with Crippen molar-refractivity contribution in [3.05, 3.63) is 41.6 Å².